The second kappa shape index (κ2) is 13.2. The predicted octanol–water partition coefficient (Wildman–Crippen LogP) is 16.7. The van der Waals surface area contributed by atoms with Crippen molar-refractivity contribution < 1.29 is 8.83 Å². The summed E-state index contributed by atoms with van der Waals surface area (Å²) in [5, 5.41) is 9.41. The zero-order chi connectivity index (χ0) is 41.2. The summed E-state index contributed by atoms with van der Waals surface area (Å²) < 4.78 is 17.8. The Hall–Kier alpha value is -8.12. The normalized spacial score (nSPS) is 12.1. The van der Waals surface area contributed by atoms with E-state index in [1.165, 1.54) is 53.5 Å². The van der Waals surface area contributed by atoms with E-state index in [-0.39, 0.29) is 0 Å². The second-order valence-corrected chi connectivity index (χ2v) is 17.4. The summed E-state index contributed by atoms with van der Waals surface area (Å²) in [5.41, 5.74) is 15.2. The van der Waals surface area contributed by atoms with Crippen LogP contribution in [0.15, 0.2) is 215 Å². The van der Waals surface area contributed by atoms with Crippen LogP contribution >= 0.6 is 11.3 Å². The molecule has 0 aliphatic heterocycles. The molecular weight excluding hydrogens is 789 g/mol. The van der Waals surface area contributed by atoms with Crippen molar-refractivity contribution in [1.29, 1.82) is 0 Å². The third-order valence-corrected chi connectivity index (χ3v) is 14.2. The monoisotopic (exact) mass is 822 g/mol. The van der Waals surface area contributed by atoms with E-state index in [1.54, 1.807) is 0 Å². The van der Waals surface area contributed by atoms with Crippen molar-refractivity contribution in [2.45, 2.75) is 0 Å². The van der Waals surface area contributed by atoms with Gasteiger partial charge in [0.15, 0.2) is 0 Å². The Morgan fingerprint density at radius 3 is 1.44 bits per heavy atom. The molecule has 5 heterocycles. The molecule has 0 amide bonds. The van der Waals surface area contributed by atoms with Crippen LogP contribution in [0.3, 0.4) is 0 Å². The standard InChI is InChI=1S/C58H34N2O2S/c1-2-14-37(15-3-1)59-46-22-8-4-16-38(46)44-32-35(28-30-48(44)59)36-29-31-49-45(33-36)39-17-5-9-23-47(39)60(49)50-34-55(42-20-12-26-53-56(42)40-18-6-10-24-51(40)61-53)63-58(50)43-21-13-27-54-57(43)41-19-7-11-25-52(41)62-54/h1-34H. The maximum Gasteiger partial charge on any atom is 0.136 e. The molecule has 0 aliphatic rings. The van der Waals surface area contributed by atoms with Crippen LogP contribution in [0, 0.1) is 0 Å². The van der Waals surface area contributed by atoms with Crippen molar-refractivity contribution in [1.82, 2.24) is 9.13 Å². The minimum Gasteiger partial charge on any atom is -0.456 e. The Morgan fingerprint density at radius 2 is 0.810 bits per heavy atom. The molecule has 0 saturated carbocycles. The molecule has 294 valence electrons. The third-order valence-electron chi connectivity index (χ3n) is 13.0. The van der Waals surface area contributed by atoms with Gasteiger partial charge in [-0.3, -0.25) is 0 Å². The van der Waals surface area contributed by atoms with E-state index in [4.69, 9.17) is 8.83 Å². The molecule has 0 spiro atoms. The number of hydrogen-bond donors (Lipinski definition) is 0. The van der Waals surface area contributed by atoms with Gasteiger partial charge in [0.25, 0.3) is 0 Å². The molecule has 0 aliphatic carbocycles. The Balaban J connectivity index is 1.02. The van der Waals surface area contributed by atoms with Crippen LogP contribution in [0.4, 0.5) is 0 Å². The molecule has 0 fully saturated rings. The van der Waals surface area contributed by atoms with Crippen LogP contribution in [-0.2, 0) is 0 Å². The number of rotatable bonds is 5. The van der Waals surface area contributed by atoms with Gasteiger partial charge in [0.1, 0.15) is 22.3 Å². The smallest absolute Gasteiger partial charge is 0.136 e. The fraction of sp³-hybridized carbons (Fsp3) is 0. The van der Waals surface area contributed by atoms with Crippen molar-refractivity contribution in [3.05, 3.63) is 206 Å². The minimum atomic E-state index is 0.883. The molecule has 0 bridgehead atoms. The Kier molecular flexibility index (Phi) is 7.24. The maximum atomic E-state index is 6.49. The third kappa shape index (κ3) is 5.03. The number of para-hydroxylation sites is 5. The van der Waals surface area contributed by atoms with E-state index in [2.05, 4.69) is 203 Å². The highest BCUT2D eigenvalue weighted by Gasteiger charge is 2.24. The quantitative estimate of drug-likeness (QED) is 0.173. The highest BCUT2D eigenvalue weighted by molar-refractivity contribution is 7.19. The van der Waals surface area contributed by atoms with Gasteiger partial charge in [-0.1, -0.05) is 127 Å². The van der Waals surface area contributed by atoms with Crippen LogP contribution in [0.5, 0.6) is 0 Å². The van der Waals surface area contributed by atoms with Gasteiger partial charge < -0.3 is 18.0 Å². The van der Waals surface area contributed by atoms with Gasteiger partial charge in [-0.05, 0) is 90.0 Å². The number of hydrogen-bond acceptors (Lipinski definition) is 3. The highest BCUT2D eigenvalue weighted by atomic mass is 32.1. The van der Waals surface area contributed by atoms with Crippen LogP contribution in [-0.4, -0.2) is 9.13 Å². The van der Waals surface area contributed by atoms with Gasteiger partial charge >= 0.3 is 0 Å². The summed E-state index contributed by atoms with van der Waals surface area (Å²) >= 11 is 1.83. The Bertz CT molecular complexity index is 4160. The number of thiophene rings is 1. The lowest BCUT2D eigenvalue weighted by Gasteiger charge is -2.11. The molecule has 14 rings (SSSR count). The van der Waals surface area contributed by atoms with Crippen molar-refractivity contribution in [2.24, 2.45) is 0 Å². The predicted molar refractivity (Wildman–Crippen MR) is 264 cm³/mol. The van der Waals surface area contributed by atoms with Gasteiger partial charge in [0.05, 0.1) is 32.6 Å². The molecule has 0 radical (unpaired) electrons. The molecule has 0 saturated heterocycles. The van der Waals surface area contributed by atoms with E-state index < -0.39 is 0 Å². The molecule has 0 N–H and O–H groups in total. The van der Waals surface area contributed by atoms with Crippen LogP contribution < -0.4 is 0 Å². The number of furan rings is 2. The SMILES string of the molecule is c1ccc(-n2c3ccccc3c3cc(-c4ccc5c(c4)c4ccccc4n5-c4cc(-c5cccc6oc7ccccc7c56)sc4-c4cccc5oc6ccccc6c45)ccc32)cc1. The number of fused-ring (bicyclic) bond motifs is 12. The van der Waals surface area contributed by atoms with Gasteiger partial charge in [-0.15, -0.1) is 11.3 Å². The fourth-order valence-corrected chi connectivity index (χ4v) is 11.4. The number of aromatic nitrogens is 2. The van der Waals surface area contributed by atoms with Gasteiger partial charge in [-0.2, -0.15) is 0 Å². The lowest BCUT2D eigenvalue weighted by atomic mass is 10.0. The molecular formula is C58H34N2O2S. The minimum absolute atomic E-state index is 0.883. The van der Waals surface area contributed by atoms with Crippen molar-refractivity contribution in [3.8, 4) is 43.4 Å². The lowest BCUT2D eigenvalue weighted by Crippen LogP contribution is -1.94. The Morgan fingerprint density at radius 1 is 0.333 bits per heavy atom. The molecule has 9 aromatic carbocycles. The van der Waals surface area contributed by atoms with Gasteiger partial charge in [0, 0.05) is 64.8 Å². The van der Waals surface area contributed by atoms with Crippen molar-refractivity contribution in [3.63, 3.8) is 0 Å². The summed E-state index contributed by atoms with van der Waals surface area (Å²) in [6, 6.07) is 74.2. The van der Waals surface area contributed by atoms with Gasteiger partial charge in [-0.25, -0.2) is 0 Å². The number of nitrogens with zero attached hydrogens (tertiary/aromatic N) is 2. The lowest BCUT2D eigenvalue weighted by molar-refractivity contribution is 0.668. The average Bonchev–Trinajstić information content (AvgIpc) is 4.17. The van der Waals surface area contributed by atoms with Crippen LogP contribution in [0.25, 0.3) is 131 Å². The first-order valence-electron chi connectivity index (χ1n) is 21.3. The van der Waals surface area contributed by atoms with E-state index in [0.717, 1.165) is 77.4 Å². The molecule has 63 heavy (non-hydrogen) atoms. The van der Waals surface area contributed by atoms with E-state index in [9.17, 15) is 0 Å². The molecule has 14 aromatic rings. The Labute approximate surface area is 364 Å². The second-order valence-electron chi connectivity index (χ2n) is 16.4. The molecule has 4 nitrogen and oxygen atoms in total. The maximum absolute atomic E-state index is 6.49. The molecule has 5 aromatic heterocycles. The molecule has 5 heteroatoms. The van der Waals surface area contributed by atoms with Crippen LogP contribution in [0.2, 0.25) is 0 Å². The van der Waals surface area contributed by atoms with Crippen molar-refractivity contribution >= 4 is 98.8 Å². The van der Waals surface area contributed by atoms with E-state index in [1.807, 2.05) is 23.5 Å². The van der Waals surface area contributed by atoms with Crippen LogP contribution in [0.1, 0.15) is 0 Å². The molecule has 0 unspecified atom stereocenters. The summed E-state index contributed by atoms with van der Waals surface area (Å²) in [5.74, 6) is 0. The highest BCUT2D eigenvalue weighted by Crippen LogP contribution is 2.49. The first-order valence-corrected chi connectivity index (χ1v) is 22.1. The zero-order valence-corrected chi connectivity index (χ0v) is 34.6. The van der Waals surface area contributed by atoms with Crippen molar-refractivity contribution in [2.75, 3.05) is 0 Å². The van der Waals surface area contributed by atoms with E-state index in [0.29, 0.717) is 0 Å². The topological polar surface area (TPSA) is 36.1 Å². The largest absolute Gasteiger partial charge is 0.456 e. The van der Waals surface area contributed by atoms with E-state index >= 15 is 0 Å². The summed E-state index contributed by atoms with van der Waals surface area (Å²) in [6.45, 7) is 0. The number of benzene rings is 9. The molecule has 0 atom stereocenters. The summed E-state index contributed by atoms with van der Waals surface area (Å²) in [4.78, 5) is 2.35. The summed E-state index contributed by atoms with van der Waals surface area (Å²) in [7, 11) is 0. The average molecular weight is 823 g/mol. The fourth-order valence-electron chi connectivity index (χ4n) is 10.2. The zero-order valence-electron chi connectivity index (χ0n) is 33.7. The summed E-state index contributed by atoms with van der Waals surface area (Å²) in [6.07, 6.45) is 0. The van der Waals surface area contributed by atoms with Gasteiger partial charge in [0.2, 0.25) is 0 Å². The first kappa shape index (κ1) is 34.6. The first-order chi connectivity index (χ1) is 31.2.